The van der Waals surface area contributed by atoms with Crippen molar-refractivity contribution in [3.05, 3.63) is 71.3 Å². The summed E-state index contributed by atoms with van der Waals surface area (Å²) in [5.74, 6) is 0.427. The Bertz CT molecular complexity index is 1110. The van der Waals surface area contributed by atoms with Gasteiger partial charge in [-0.15, -0.1) is 0 Å². The predicted molar refractivity (Wildman–Crippen MR) is 152 cm³/mol. The predicted octanol–water partition coefficient (Wildman–Crippen LogP) is 6.24. The van der Waals surface area contributed by atoms with E-state index in [-0.39, 0.29) is 12.2 Å². The van der Waals surface area contributed by atoms with Crippen LogP contribution in [0.2, 0.25) is 0 Å². The topological polar surface area (TPSA) is 79.3 Å². The Morgan fingerprint density at radius 2 is 1.64 bits per heavy atom. The van der Waals surface area contributed by atoms with Crippen molar-refractivity contribution in [1.29, 1.82) is 0 Å². The van der Waals surface area contributed by atoms with E-state index in [2.05, 4.69) is 24.3 Å². The SMILES string of the molecule is CC(C)(O)C[C@]1(c2ccccc2)CCN(CCc2ccc(C3CCN(C(=O)OC(C)(C)C)CC3)cc2)C(=O)O1. The quantitative estimate of drug-likeness (QED) is 0.453. The van der Waals surface area contributed by atoms with Crippen LogP contribution >= 0.6 is 0 Å². The number of likely N-dealkylation sites (tertiary alicyclic amines) is 1. The lowest BCUT2D eigenvalue weighted by Gasteiger charge is -2.44. The highest BCUT2D eigenvalue weighted by molar-refractivity contribution is 5.69. The van der Waals surface area contributed by atoms with Crippen LogP contribution in [0.4, 0.5) is 9.59 Å². The lowest BCUT2D eigenvalue weighted by molar-refractivity contribution is -0.0960. The number of hydrogen-bond donors (Lipinski definition) is 1. The monoisotopic (exact) mass is 536 g/mol. The van der Waals surface area contributed by atoms with E-state index in [1.165, 1.54) is 11.1 Å². The standard InChI is InChI=1S/C32H44N2O5/c1-30(2,3)38-28(35)33-20-16-26(17-21-33)25-13-11-24(12-14-25)15-19-34-22-18-32(39-29(34)36,23-31(4,5)37)27-9-7-6-8-10-27/h6-14,26,37H,15-23H2,1-5H3/t32-/m0/s1. The molecule has 0 unspecified atom stereocenters. The van der Waals surface area contributed by atoms with Gasteiger partial charge in [-0.05, 0) is 76.5 Å². The van der Waals surface area contributed by atoms with Gasteiger partial charge < -0.3 is 24.4 Å². The average molecular weight is 537 g/mol. The summed E-state index contributed by atoms with van der Waals surface area (Å²) in [6.07, 6.45) is 3.01. The van der Waals surface area contributed by atoms with Crippen LogP contribution in [-0.2, 0) is 21.5 Å². The first-order valence-corrected chi connectivity index (χ1v) is 14.2. The van der Waals surface area contributed by atoms with E-state index < -0.39 is 16.8 Å². The highest BCUT2D eigenvalue weighted by atomic mass is 16.6. The molecule has 0 bridgehead atoms. The summed E-state index contributed by atoms with van der Waals surface area (Å²) >= 11 is 0. The van der Waals surface area contributed by atoms with Crippen molar-refractivity contribution in [2.24, 2.45) is 0 Å². The molecular formula is C32H44N2O5. The second-order valence-electron chi connectivity index (χ2n) is 12.7. The number of nitrogens with zero attached hydrogens (tertiary/aromatic N) is 2. The summed E-state index contributed by atoms with van der Waals surface area (Å²) in [5.41, 5.74) is 1.12. The Kier molecular flexibility index (Phi) is 8.60. The fourth-order valence-corrected chi connectivity index (χ4v) is 5.71. The third-order valence-corrected chi connectivity index (χ3v) is 7.61. The number of rotatable bonds is 7. The minimum atomic E-state index is -0.966. The third kappa shape index (κ3) is 7.75. The van der Waals surface area contributed by atoms with Gasteiger partial charge in [0.1, 0.15) is 11.2 Å². The zero-order valence-electron chi connectivity index (χ0n) is 24.1. The van der Waals surface area contributed by atoms with Crippen molar-refractivity contribution in [1.82, 2.24) is 9.80 Å². The molecular weight excluding hydrogens is 492 g/mol. The smallest absolute Gasteiger partial charge is 0.410 e. The minimum absolute atomic E-state index is 0.228. The number of amides is 2. The second kappa shape index (κ2) is 11.6. The molecule has 0 aromatic heterocycles. The number of benzene rings is 2. The molecule has 212 valence electrons. The lowest BCUT2D eigenvalue weighted by atomic mass is 9.80. The van der Waals surface area contributed by atoms with E-state index >= 15 is 0 Å². The normalized spacial score (nSPS) is 21.0. The molecule has 1 N–H and O–H groups in total. The summed E-state index contributed by atoms with van der Waals surface area (Å²) < 4.78 is 11.6. The molecule has 0 spiro atoms. The average Bonchev–Trinajstić information content (AvgIpc) is 2.87. The molecule has 2 aromatic carbocycles. The van der Waals surface area contributed by atoms with E-state index in [0.717, 1.165) is 24.8 Å². The van der Waals surface area contributed by atoms with Crippen LogP contribution in [0, 0.1) is 0 Å². The first-order valence-electron chi connectivity index (χ1n) is 14.2. The molecule has 0 aliphatic carbocycles. The Morgan fingerprint density at radius 3 is 2.21 bits per heavy atom. The maximum absolute atomic E-state index is 13.1. The van der Waals surface area contributed by atoms with Crippen molar-refractivity contribution in [2.45, 2.75) is 89.4 Å². The Morgan fingerprint density at radius 1 is 1.00 bits per heavy atom. The minimum Gasteiger partial charge on any atom is -0.444 e. The molecule has 39 heavy (non-hydrogen) atoms. The number of carbonyl (C=O) groups is 2. The van der Waals surface area contributed by atoms with Crippen LogP contribution in [0.5, 0.6) is 0 Å². The van der Waals surface area contributed by atoms with E-state index in [1.54, 1.807) is 18.7 Å². The van der Waals surface area contributed by atoms with Gasteiger partial charge in [-0.2, -0.15) is 0 Å². The van der Waals surface area contributed by atoms with Crippen molar-refractivity contribution >= 4 is 12.2 Å². The van der Waals surface area contributed by atoms with Gasteiger partial charge in [-0.1, -0.05) is 54.6 Å². The first kappa shape index (κ1) is 28.9. The van der Waals surface area contributed by atoms with Crippen LogP contribution in [0.3, 0.4) is 0 Å². The summed E-state index contributed by atoms with van der Waals surface area (Å²) in [7, 11) is 0. The molecule has 2 aliphatic rings. The number of carbonyl (C=O) groups excluding carboxylic acids is 2. The third-order valence-electron chi connectivity index (χ3n) is 7.61. The highest BCUT2D eigenvalue weighted by Crippen LogP contribution is 2.40. The number of aliphatic hydroxyl groups is 1. The molecule has 7 heteroatoms. The number of cyclic esters (lactones) is 1. The zero-order chi connectivity index (χ0) is 28.3. The Hall–Kier alpha value is -3.06. The maximum Gasteiger partial charge on any atom is 0.410 e. The van der Waals surface area contributed by atoms with Crippen molar-refractivity contribution < 1.29 is 24.2 Å². The van der Waals surface area contributed by atoms with Crippen molar-refractivity contribution in [3.8, 4) is 0 Å². The fourth-order valence-electron chi connectivity index (χ4n) is 5.71. The van der Waals surface area contributed by atoms with Crippen LogP contribution in [-0.4, -0.2) is 64.5 Å². The van der Waals surface area contributed by atoms with Gasteiger partial charge >= 0.3 is 12.2 Å². The highest BCUT2D eigenvalue weighted by Gasteiger charge is 2.45. The molecule has 2 fully saturated rings. The maximum atomic E-state index is 13.1. The van der Waals surface area contributed by atoms with Gasteiger partial charge in [0, 0.05) is 39.0 Å². The van der Waals surface area contributed by atoms with Crippen LogP contribution in [0.1, 0.15) is 82.9 Å². The van der Waals surface area contributed by atoms with E-state index in [0.29, 0.717) is 44.9 Å². The summed E-state index contributed by atoms with van der Waals surface area (Å²) in [6.45, 7) is 11.8. The van der Waals surface area contributed by atoms with Gasteiger partial charge in [-0.3, -0.25) is 0 Å². The fraction of sp³-hybridized carbons (Fsp3) is 0.562. The molecule has 2 aromatic rings. The Labute approximate surface area is 233 Å². The zero-order valence-corrected chi connectivity index (χ0v) is 24.1. The van der Waals surface area contributed by atoms with E-state index in [9.17, 15) is 14.7 Å². The number of piperidine rings is 1. The van der Waals surface area contributed by atoms with Crippen LogP contribution in [0.15, 0.2) is 54.6 Å². The summed E-state index contributed by atoms with van der Waals surface area (Å²) in [6, 6.07) is 18.4. The van der Waals surface area contributed by atoms with Gasteiger partial charge in [0.15, 0.2) is 0 Å². The lowest BCUT2D eigenvalue weighted by Crippen LogP contribution is -2.51. The molecule has 7 nitrogen and oxygen atoms in total. The number of ether oxygens (including phenoxy) is 2. The molecule has 1 atom stereocenters. The van der Waals surface area contributed by atoms with Crippen molar-refractivity contribution in [3.63, 3.8) is 0 Å². The van der Waals surface area contributed by atoms with Gasteiger partial charge in [0.05, 0.1) is 5.60 Å². The van der Waals surface area contributed by atoms with Crippen LogP contribution in [0.25, 0.3) is 0 Å². The summed E-state index contributed by atoms with van der Waals surface area (Å²) in [5, 5.41) is 10.6. The van der Waals surface area contributed by atoms with Crippen molar-refractivity contribution in [2.75, 3.05) is 26.2 Å². The molecule has 2 aliphatic heterocycles. The molecule has 4 rings (SSSR count). The van der Waals surface area contributed by atoms with E-state index in [4.69, 9.17) is 9.47 Å². The van der Waals surface area contributed by atoms with Crippen LogP contribution < -0.4 is 0 Å². The molecule has 2 heterocycles. The molecule has 0 saturated carbocycles. The number of hydrogen-bond acceptors (Lipinski definition) is 5. The van der Waals surface area contributed by atoms with E-state index in [1.807, 2.05) is 56.0 Å². The first-order chi connectivity index (χ1) is 18.3. The molecule has 2 saturated heterocycles. The Balaban J connectivity index is 1.29. The molecule has 2 amide bonds. The molecule has 0 radical (unpaired) electrons. The summed E-state index contributed by atoms with van der Waals surface area (Å²) in [4.78, 5) is 29.0. The van der Waals surface area contributed by atoms with Gasteiger partial charge in [-0.25, -0.2) is 9.59 Å². The van der Waals surface area contributed by atoms with Gasteiger partial charge in [0.25, 0.3) is 0 Å². The largest absolute Gasteiger partial charge is 0.444 e. The second-order valence-corrected chi connectivity index (χ2v) is 12.7. The van der Waals surface area contributed by atoms with Gasteiger partial charge in [0.2, 0.25) is 0 Å².